The Morgan fingerprint density at radius 1 is 1.09 bits per heavy atom. The molecule has 118 valence electrons. The van der Waals surface area contributed by atoms with Crippen LogP contribution in [0.15, 0.2) is 42.5 Å². The van der Waals surface area contributed by atoms with Gasteiger partial charge in [0.2, 0.25) is 0 Å². The molecule has 0 aliphatic rings. The van der Waals surface area contributed by atoms with Crippen molar-refractivity contribution in [3.8, 4) is 17.6 Å². The molecule has 0 aromatic heterocycles. The molecule has 2 aromatic carbocycles. The quantitative estimate of drug-likeness (QED) is 0.573. The molecule has 0 saturated carbocycles. The fourth-order valence-corrected chi connectivity index (χ4v) is 2.53. The number of methoxy groups -OCH3 is 2. The summed E-state index contributed by atoms with van der Waals surface area (Å²) in [5.41, 5.74) is 3.40. The number of hydrogen-bond donors (Lipinski definition) is 0. The lowest BCUT2D eigenvalue weighted by Crippen LogP contribution is -1.98. The van der Waals surface area contributed by atoms with Crippen LogP contribution in [0.25, 0.3) is 11.6 Å². The number of hydrogen-bond acceptors (Lipinski definition) is 3. The molecule has 0 unspecified atom stereocenters. The summed E-state index contributed by atoms with van der Waals surface area (Å²) < 4.78 is 11.0. The molecule has 0 amide bonds. The second-order valence-corrected chi connectivity index (χ2v) is 5.19. The molecule has 3 heteroatoms. The van der Waals surface area contributed by atoms with E-state index in [-0.39, 0.29) is 0 Å². The maximum absolute atomic E-state index is 9.54. The maximum Gasteiger partial charge on any atom is 0.126 e. The molecule has 0 saturated heterocycles. The highest BCUT2D eigenvalue weighted by Gasteiger charge is 2.14. The lowest BCUT2D eigenvalue weighted by atomic mass is 9.99. The van der Waals surface area contributed by atoms with Crippen LogP contribution >= 0.6 is 0 Å². The van der Waals surface area contributed by atoms with Gasteiger partial charge in [-0.3, -0.25) is 0 Å². The molecule has 0 fully saturated rings. The van der Waals surface area contributed by atoms with E-state index in [0.717, 1.165) is 41.0 Å². The Morgan fingerprint density at radius 2 is 1.70 bits per heavy atom. The number of nitrogens with zero attached hydrogens (tertiary/aromatic N) is 1. The minimum atomic E-state index is 0.579. The summed E-state index contributed by atoms with van der Waals surface area (Å²) in [4.78, 5) is 0. The van der Waals surface area contributed by atoms with Crippen LogP contribution in [0.2, 0.25) is 0 Å². The summed E-state index contributed by atoms with van der Waals surface area (Å²) in [5.74, 6) is 1.52. The summed E-state index contributed by atoms with van der Waals surface area (Å²) >= 11 is 0. The van der Waals surface area contributed by atoms with Gasteiger partial charge >= 0.3 is 0 Å². The number of nitriles is 1. The number of ether oxygens (including phenoxy) is 2. The average molecular weight is 307 g/mol. The SMILES string of the molecule is CCCc1c(OC)cc(C(C#N)=Cc2ccccc2)cc1OC. The molecule has 2 rings (SSSR count). The highest BCUT2D eigenvalue weighted by atomic mass is 16.5. The normalized spacial score (nSPS) is 11.0. The molecule has 0 radical (unpaired) electrons. The van der Waals surface area contributed by atoms with Crippen LogP contribution in [0, 0.1) is 11.3 Å². The fourth-order valence-electron chi connectivity index (χ4n) is 2.53. The third-order valence-electron chi connectivity index (χ3n) is 3.65. The number of benzene rings is 2. The van der Waals surface area contributed by atoms with Gasteiger partial charge in [-0.1, -0.05) is 43.7 Å². The summed E-state index contributed by atoms with van der Waals surface area (Å²) in [5, 5.41) is 9.54. The van der Waals surface area contributed by atoms with E-state index in [2.05, 4.69) is 13.0 Å². The predicted octanol–water partition coefficient (Wildman–Crippen LogP) is 4.72. The van der Waals surface area contributed by atoms with Gasteiger partial charge in [-0.05, 0) is 35.8 Å². The van der Waals surface area contributed by atoms with Crippen LogP contribution in [0.4, 0.5) is 0 Å². The average Bonchev–Trinajstić information content (AvgIpc) is 2.60. The van der Waals surface area contributed by atoms with E-state index in [9.17, 15) is 5.26 Å². The standard InChI is InChI=1S/C20H21NO2/c1-4-8-18-19(22-2)12-16(13-20(18)23-3)17(14-21)11-15-9-6-5-7-10-15/h5-7,9-13H,4,8H2,1-3H3. The van der Waals surface area contributed by atoms with Crippen molar-refractivity contribution in [3.05, 3.63) is 59.2 Å². The van der Waals surface area contributed by atoms with E-state index in [0.29, 0.717) is 5.57 Å². The highest BCUT2D eigenvalue weighted by molar-refractivity contribution is 5.90. The predicted molar refractivity (Wildman–Crippen MR) is 93.5 cm³/mol. The zero-order chi connectivity index (χ0) is 16.7. The van der Waals surface area contributed by atoms with Gasteiger partial charge in [0.25, 0.3) is 0 Å². The Labute approximate surface area is 137 Å². The first-order valence-corrected chi connectivity index (χ1v) is 7.65. The van der Waals surface area contributed by atoms with Gasteiger partial charge in [-0.25, -0.2) is 0 Å². The first kappa shape index (κ1) is 16.6. The Balaban J connectivity index is 2.53. The molecule has 0 aliphatic heterocycles. The van der Waals surface area contributed by atoms with E-state index in [1.807, 2.05) is 48.5 Å². The van der Waals surface area contributed by atoms with E-state index in [1.54, 1.807) is 14.2 Å². The van der Waals surface area contributed by atoms with Gasteiger partial charge in [-0.2, -0.15) is 5.26 Å². The highest BCUT2D eigenvalue weighted by Crippen LogP contribution is 2.34. The number of allylic oxidation sites excluding steroid dienone is 1. The fraction of sp³-hybridized carbons (Fsp3) is 0.250. The first-order chi connectivity index (χ1) is 11.2. The largest absolute Gasteiger partial charge is 0.496 e. The molecule has 0 bridgehead atoms. The van der Waals surface area contributed by atoms with Gasteiger partial charge in [0.1, 0.15) is 11.5 Å². The second kappa shape index (κ2) is 8.05. The first-order valence-electron chi connectivity index (χ1n) is 7.65. The van der Waals surface area contributed by atoms with Crippen LogP contribution in [0.3, 0.4) is 0 Å². The summed E-state index contributed by atoms with van der Waals surface area (Å²) in [6.45, 7) is 2.11. The summed E-state index contributed by atoms with van der Waals surface area (Å²) in [7, 11) is 3.29. The molecular weight excluding hydrogens is 286 g/mol. The second-order valence-electron chi connectivity index (χ2n) is 5.19. The smallest absolute Gasteiger partial charge is 0.126 e. The number of rotatable bonds is 6. The van der Waals surface area contributed by atoms with E-state index < -0.39 is 0 Å². The van der Waals surface area contributed by atoms with Gasteiger partial charge in [0.05, 0.1) is 25.9 Å². The molecule has 2 aromatic rings. The molecule has 0 aliphatic carbocycles. The van der Waals surface area contributed by atoms with Crippen LogP contribution in [0.1, 0.15) is 30.0 Å². The molecule has 0 N–H and O–H groups in total. The Kier molecular flexibility index (Phi) is 5.82. The van der Waals surface area contributed by atoms with Gasteiger partial charge in [-0.15, -0.1) is 0 Å². The Bertz CT molecular complexity index is 702. The van der Waals surface area contributed by atoms with Crippen molar-refractivity contribution in [1.82, 2.24) is 0 Å². The minimum absolute atomic E-state index is 0.579. The van der Waals surface area contributed by atoms with E-state index in [4.69, 9.17) is 9.47 Å². The molecule has 0 atom stereocenters. The summed E-state index contributed by atoms with van der Waals surface area (Å²) in [6, 6.07) is 15.9. The van der Waals surface area contributed by atoms with Crippen LogP contribution in [0.5, 0.6) is 11.5 Å². The molecular formula is C20H21NO2. The Morgan fingerprint density at radius 3 is 2.17 bits per heavy atom. The van der Waals surface area contributed by atoms with Crippen molar-refractivity contribution >= 4 is 11.6 Å². The topological polar surface area (TPSA) is 42.2 Å². The van der Waals surface area contributed by atoms with Crippen LogP contribution in [-0.2, 0) is 6.42 Å². The van der Waals surface area contributed by atoms with Gasteiger partial charge < -0.3 is 9.47 Å². The van der Waals surface area contributed by atoms with Crippen molar-refractivity contribution in [3.63, 3.8) is 0 Å². The van der Waals surface area contributed by atoms with Gasteiger partial charge in [0, 0.05) is 5.56 Å². The minimum Gasteiger partial charge on any atom is -0.496 e. The van der Waals surface area contributed by atoms with Gasteiger partial charge in [0.15, 0.2) is 0 Å². The van der Waals surface area contributed by atoms with E-state index >= 15 is 0 Å². The third kappa shape index (κ3) is 3.92. The Hall–Kier alpha value is -2.73. The lowest BCUT2D eigenvalue weighted by molar-refractivity contribution is 0.384. The van der Waals surface area contributed by atoms with E-state index in [1.165, 1.54) is 0 Å². The van der Waals surface area contributed by atoms with Crippen molar-refractivity contribution < 1.29 is 9.47 Å². The lowest BCUT2D eigenvalue weighted by Gasteiger charge is -2.15. The molecule has 0 spiro atoms. The van der Waals surface area contributed by atoms with Crippen molar-refractivity contribution in [2.45, 2.75) is 19.8 Å². The van der Waals surface area contributed by atoms with Crippen molar-refractivity contribution in [1.29, 1.82) is 5.26 Å². The molecule has 3 nitrogen and oxygen atoms in total. The zero-order valence-corrected chi connectivity index (χ0v) is 13.8. The van der Waals surface area contributed by atoms with Crippen LogP contribution in [-0.4, -0.2) is 14.2 Å². The monoisotopic (exact) mass is 307 g/mol. The zero-order valence-electron chi connectivity index (χ0n) is 13.8. The van der Waals surface area contributed by atoms with Crippen molar-refractivity contribution in [2.24, 2.45) is 0 Å². The summed E-state index contributed by atoms with van der Waals surface area (Å²) in [6.07, 6.45) is 3.74. The molecule has 23 heavy (non-hydrogen) atoms. The maximum atomic E-state index is 9.54. The van der Waals surface area contributed by atoms with Crippen LogP contribution < -0.4 is 9.47 Å². The van der Waals surface area contributed by atoms with Crippen molar-refractivity contribution in [2.75, 3.05) is 14.2 Å². The third-order valence-corrected chi connectivity index (χ3v) is 3.65. The molecule has 0 heterocycles.